The molecule has 0 aliphatic carbocycles. The lowest BCUT2D eigenvalue weighted by Gasteiger charge is -2.22. The largest absolute Gasteiger partial charge is 0.497 e. The number of ether oxygens (including phenoxy) is 2. The molecule has 0 saturated heterocycles. The van der Waals surface area contributed by atoms with E-state index in [0.29, 0.717) is 6.61 Å². The first-order chi connectivity index (χ1) is 12.1. The van der Waals surface area contributed by atoms with Crippen molar-refractivity contribution in [2.24, 2.45) is 10.8 Å². The summed E-state index contributed by atoms with van der Waals surface area (Å²) in [6.07, 6.45) is 0.734. The number of hydrogen-bond donors (Lipinski definition) is 1. The second kappa shape index (κ2) is 7.53. The van der Waals surface area contributed by atoms with Crippen molar-refractivity contribution in [3.8, 4) is 11.5 Å². The zero-order valence-corrected chi connectivity index (χ0v) is 15.1. The third-order valence-electron chi connectivity index (χ3n) is 4.14. The zero-order chi connectivity index (χ0) is 17.8. The van der Waals surface area contributed by atoms with Crippen LogP contribution >= 0.6 is 12.2 Å². The molecule has 2 aromatic rings. The van der Waals surface area contributed by atoms with Crippen LogP contribution in [0.2, 0.25) is 0 Å². The highest BCUT2D eigenvalue weighted by atomic mass is 32.1. The van der Waals surface area contributed by atoms with Gasteiger partial charge >= 0.3 is 0 Å². The maximum absolute atomic E-state index is 5.89. The molecule has 0 unspecified atom stereocenters. The average Bonchev–Trinajstić information content (AvgIpc) is 3.08. The maximum Gasteiger partial charge on any atom is 0.187 e. The van der Waals surface area contributed by atoms with Crippen LogP contribution in [0.15, 0.2) is 53.6 Å². The van der Waals surface area contributed by atoms with Gasteiger partial charge in [-0.25, -0.2) is 5.01 Å². The summed E-state index contributed by atoms with van der Waals surface area (Å²) in [6, 6.07) is 15.8. The van der Waals surface area contributed by atoms with E-state index >= 15 is 0 Å². The molecule has 2 N–H and O–H groups in total. The van der Waals surface area contributed by atoms with Crippen LogP contribution in [-0.4, -0.2) is 29.5 Å². The van der Waals surface area contributed by atoms with Crippen molar-refractivity contribution in [2.45, 2.75) is 19.4 Å². The van der Waals surface area contributed by atoms with Gasteiger partial charge in [0.15, 0.2) is 5.11 Å². The fraction of sp³-hybridized carbons (Fsp3) is 0.263. The van der Waals surface area contributed by atoms with Crippen LogP contribution in [0.5, 0.6) is 11.5 Å². The van der Waals surface area contributed by atoms with Crippen LogP contribution in [0.25, 0.3) is 0 Å². The van der Waals surface area contributed by atoms with E-state index in [1.807, 2.05) is 55.5 Å². The van der Waals surface area contributed by atoms with E-state index < -0.39 is 0 Å². The number of benzene rings is 2. The monoisotopic (exact) mass is 355 g/mol. The topological polar surface area (TPSA) is 60.1 Å². The second-order valence-corrected chi connectivity index (χ2v) is 6.10. The number of rotatable bonds is 5. The van der Waals surface area contributed by atoms with E-state index in [2.05, 4.69) is 5.10 Å². The Morgan fingerprint density at radius 2 is 1.80 bits per heavy atom. The lowest BCUT2D eigenvalue weighted by molar-refractivity contribution is 0.340. The Kier molecular flexibility index (Phi) is 5.19. The van der Waals surface area contributed by atoms with Crippen LogP contribution in [-0.2, 0) is 0 Å². The van der Waals surface area contributed by atoms with E-state index in [9.17, 15) is 0 Å². The third kappa shape index (κ3) is 3.74. The smallest absolute Gasteiger partial charge is 0.187 e. The highest BCUT2D eigenvalue weighted by molar-refractivity contribution is 7.80. The standard InChI is InChI=1S/C19H21N3O2S/c1-3-24-16-10-4-13(5-11-16)17-12-18(22(21-17)19(20)25)14-6-8-15(23-2)9-7-14/h4-11,18H,3,12H2,1-2H3,(H2,20,25)/t18-/m1/s1. The number of thiocarbonyl (C=S) groups is 1. The van der Waals surface area contributed by atoms with E-state index in [1.165, 1.54) is 0 Å². The summed E-state index contributed by atoms with van der Waals surface area (Å²) in [6.45, 7) is 2.61. The molecule has 0 radical (unpaired) electrons. The van der Waals surface area contributed by atoms with Gasteiger partial charge in [0.05, 0.1) is 25.5 Å². The van der Waals surface area contributed by atoms with E-state index in [-0.39, 0.29) is 11.2 Å². The Morgan fingerprint density at radius 3 is 2.36 bits per heavy atom. The summed E-state index contributed by atoms with van der Waals surface area (Å²) in [5.41, 5.74) is 8.98. The van der Waals surface area contributed by atoms with Gasteiger partial charge in [-0.1, -0.05) is 12.1 Å². The Bertz CT molecular complexity index is 772. The molecule has 25 heavy (non-hydrogen) atoms. The minimum absolute atomic E-state index is 0.00928. The Morgan fingerprint density at radius 1 is 1.16 bits per heavy atom. The van der Waals surface area contributed by atoms with Crippen molar-refractivity contribution >= 4 is 23.0 Å². The Labute approximate surface area is 153 Å². The molecule has 0 fully saturated rings. The van der Waals surface area contributed by atoms with Crippen LogP contribution < -0.4 is 15.2 Å². The number of hydrazone groups is 1. The summed E-state index contributed by atoms with van der Waals surface area (Å²) in [4.78, 5) is 0. The molecule has 1 heterocycles. The molecule has 130 valence electrons. The fourth-order valence-electron chi connectivity index (χ4n) is 2.88. The summed E-state index contributed by atoms with van der Waals surface area (Å²) < 4.78 is 10.7. The van der Waals surface area contributed by atoms with Crippen LogP contribution in [0, 0.1) is 0 Å². The average molecular weight is 355 g/mol. The molecule has 0 saturated carbocycles. The SMILES string of the molecule is CCOc1ccc(C2=NN(C(N)=S)[C@@H](c3ccc(OC)cc3)C2)cc1. The quantitative estimate of drug-likeness (QED) is 0.832. The predicted molar refractivity (Wildman–Crippen MR) is 103 cm³/mol. The normalized spacial score (nSPS) is 16.5. The number of nitrogens with two attached hydrogens (primary N) is 1. The first-order valence-electron chi connectivity index (χ1n) is 8.15. The fourth-order valence-corrected chi connectivity index (χ4v) is 3.05. The van der Waals surface area contributed by atoms with E-state index in [4.69, 9.17) is 27.4 Å². The molecule has 1 atom stereocenters. The third-order valence-corrected chi connectivity index (χ3v) is 4.32. The molecule has 5 nitrogen and oxygen atoms in total. The van der Waals surface area contributed by atoms with Gasteiger partial charge in [-0.15, -0.1) is 0 Å². The van der Waals surface area contributed by atoms with Gasteiger partial charge < -0.3 is 15.2 Å². The van der Waals surface area contributed by atoms with Crippen molar-refractivity contribution in [3.05, 3.63) is 59.7 Å². The van der Waals surface area contributed by atoms with Crippen LogP contribution in [0.1, 0.15) is 30.5 Å². The molecule has 6 heteroatoms. The van der Waals surface area contributed by atoms with Crippen molar-refractivity contribution < 1.29 is 9.47 Å². The Hall–Kier alpha value is -2.60. The molecule has 0 aromatic heterocycles. The van der Waals surface area contributed by atoms with Gasteiger partial charge in [-0.2, -0.15) is 5.10 Å². The first kappa shape index (κ1) is 17.2. The molecule has 0 amide bonds. The summed E-state index contributed by atoms with van der Waals surface area (Å²) in [5, 5.41) is 6.62. The van der Waals surface area contributed by atoms with E-state index in [1.54, 1.807) is 12.1 Å². The molecular formula is C19H21N3O2S. The number of nitrogens with zero attached hydrogens (tertiary/aromatic N) is 2. The van der Waals surface area contributed by atoms with Gasteiger partial charge in [-0.05, 0) is 66.7 Å². The van der Waals surface area contributed by atoms with Gasteiger partial charge in [-0.3, -0.25) is 0 Å². The highest BCUT2D eigenvalue weighted by Crippen LogP contribution is 2.33. The van der Waals surface area contributed by atoms with Gasteiger partial charge in [0.2, 0.25) is 0 Å². The highest BCUT2D eigenvalue weighted by Gasteiger charge is 2.30. The minimum atomic E-state index is -0.00928. The predicted octanol–water partition coefficient (Wildman–Crippen LogP) is 3.49. The zero-order valence-electron chi connectivity index (χ0n) is 14.3. The molecule has 1 aliphatic heterocycles. The Balaban J connectivity index is 1.84. The van der Waals surface area contributed by atoms with Crippen molar-refractivity contribution in [1.82, 2.24) is 5.01 Å². The number of methoxy groups -OCH3 is 1. The molecule has 0 spiro atoms. The molecule has 2 aromatic carbocycles. The van der Waals surface area contributed by atoms with Crippen molar-refractivity contribution in [2.75, 3.05) is 13.7 Å². The first-order valence-corrected chi connectivity index (χ1v) is 8.56. The molecule has 3 rings (SSSR count). The van der Waals surface area contributed by atoms with Crippen LogP contribution in [0.3, 0.4) is 0 Å². The summed E-state index contributed by atoms with van der Waals surface area (Å²) >= 11 is 5.19. The number of hydrogen-bond acceptors (Lipinski definition) is 4. The lowest BCUT2D eigenvalue weighted by Crippen LogP contribution is -2.31. The van der Waals surface area contributed by atoms with Crippen molar-refractivity contribution in [3.63, 3.8) is 0 Å². The van der Waals surface area contributed by atoms with Gasteiger partial charge in [0, 0.05) is 6.42 Å². The lowest BCUT2D eigenvalue weighted by atomic mass is 9.98. The second-order valence-electron chi connectivity index (χ2n) is 5.68. The van der Waals surface area contributed by atoms with Crippen molar-refractivity contribution in [1.29, 1.82) is 0 Å². The van der Waals surface area contributed by atoms with Gasteiger partial charge in [0.25, 0.3) is 0 Å². The molecule has 0 bridgehead atoms. The summed E-state index contributed by atoms with van der Waals surface area (Å²) in [5.74, 6) is 1.67. The molecule has 1 aliphatic rings. The van der Waals surface area contributed by atoms with Crippen LogP contribution in [0.4, 0.5) is 0 Å². The van der Waals surface area contributed by atoms with Gasteiger partial charge in [0.1, 0.15) is 11.5 Å². The molecular weight excluding hydrogens is 334 g/mol. The minimum Gasteiger partial charge on any atom is -0.497 e. The summed E-state index contributed by atoms with van der Waals surface area (Å²) in [7, 11) is 1.65. The van der Waals surface area contributed by atoms with E-state index in [0.717, 1.165) is 34.8 Å². The maximum atomic E-state index is 5.89.